The Morgan fingerprint density at radius 2 is 2.35 bits per heavy atom. The topological polar surface area (TPSA) is 32.5 Å². The van der Waals surface area contributed by atoms with Gasteiger partial charge in [-0.25, -0.2) is 0 Å². The van der Waals surface area contributed by atoms with Crippen LogP contribution in [0.25, 0.3) is 0 Å². The summed E-state index contributed by atoms with van der Waals surface area (Å²) in [5.74, 6) is 0. The minimum absolute atomic E-state index is 0.548. The molecule has 3 aliphatic rings. The second kappa shape index (κ2) is 4.75. The average Bonchev–Trinajstić information content (AvgIpc) is 2.77. The number of nitrogens with two attached hydrogens (primary N) is 1. The molecule has 2 heterocycles. The van der Waals surface area contributed by atoms with Gasteiger partial charge in [-0.2, -0.15) is 0 Å². The summed E-state index contributed by atoms with van der Waals surface area (Å²) in [5, 5.41) is 0. The fourth-order valence-corrected chi connectivity index (χ4v) is 4.14. The van der Waals surface area contributed by atoms with Gasteiger partial charge in [0.2, 0.25) is 0 Å². The van der Waals surface area contributed by atoms with Gasteiger partial charge >= 0.3 is 0 Å². The Kier molecular flexibility index (Phi) is 3.28. The van der Waals surface area contributed by atoms with Crippen LogP contribution in [0.2, 0.25) is 0 Å². The van der Waals surface area contributed by atoms with E-state index < -0.39 is 0 Å². The number of nitrogens with zero attached hydrogens (tertiary/aromatic N) is 2. The van der Waals surface area contributed by atoms with Crippen molar-refractivity contribution in [3.05, 3.63) is 22.3 Å². The van der Waals surface area contributed by atoms with Crippen LogP contribution in [0.5, 0.6) is 0 Å². The molecule has 2 aliphatic heterocycles. The summed E-state index contributed by atoms with van der Waals surface area (Å²) < 4.78 is 1.28. The maximum absolute atomic E-state index is 5.75. The first-order chi connectivity index (χ1) is 8.31. The number of rotatable bonds is 2. The van der Waals surface area contributed by atoms with Gasteiger partial charge in [0.25, 0.3) is 0 Å². The van der Waals surface area contributed by atoms with Crippen molar-refractivity contribution in [3.8, 4) is 0 Å². The van der Waals surface area contributed by atoms with Gasteiger partial charge in [0.1, 0.15) is 0 Å². The molecule has 0 saturated carbocycles. The number of piperazine rings is 1. The summed E-state index contributed by atoms with van der Waals surface area (Å²) in [4.78, 5) is 5.21. The van der Waals surface area contributed by atoms with Crippen molar-refractivity contribution in [1.29, 1.82) is 0 Å². The second-order valence-electron chi connectivity index (χ2n) is 5.16. The van der Waals surface area contributed by atoms with Crippen LogP contribution in [0.1, 0.15) is 19.3 Å². The minimum atomic E-state index is 0.548. The monoisotopic (exact) mass is 297 g/mol. The molecule has 0 amide bonds. The number of halogens is 1. The largest absolute Gasteiger partial charge is 0.368 e. The van der Waals surface area contributed by atoms with E-state index in [0.717, 1.165) is 19.5 Å². The van der Waals surface area contributed by atoms with E-state index in [2.05, 4.69) is 37.9 Å². The lowest BCUT2D eigenvalue weighted by atomic mass is 9.96. The predicted octanol–water partition coefficient (Wildman–Crippen LogP) is 1.66. The molecule has 0 bridgehead atoms. The van der Waals surface area contributed by atoms with E-state index in [-0.39, 0.29) is 0 Å². The molecule has 2 saturated heterocycles. The third kappa shape index (κ3) is 1.96. The summed E-state index contributed by atoms with van der Waals surface area (Å²) in [6, 6.07) is 1.26. The van der Waals surface area contributed by atoms with Gasteiger partial charge < -0.3 is 10.6 Å². The van der Waals surface area contributed by atoms with Crippen LogP contribution in [0, 0.1) is 0 Å². The first-order valence-corrected chi connectivity index (χ1v) is 7.37. The molecule has 2 N–H and O–H groups in total. The molecule has 0 aromatic carbocycles. The van der Waals surface area contributed by atoms with Gasteiger partial charge in [-0.05, 0) is 35.2 Å². The molecule has 2 fully saturated rings. The van der Waals surface area contributed by atoms with E-state index in [0.29, 0.717) is 12.1 Å². The van der Waals surface area contributed by atoms with Crippen molar-refractivity contribution in [2.24, 2.45) is 5.73 Å². The zero-order valence-corrected chi connectivity index (χ0v) is 11.7. The van der Waals surface area contributed by atoms with E-state index >= 15 is 0 Å². The summed E-state index contributed by atoms with van der Waals surface area (Å²) in [6.07, 6.45) is 8.29. The molecule has 0 radical (unpaired) electrons. The maximum atomic E-state index is 5.75. The van der Waals surface area contributed by atoms with E-state index in [9.17, 15) is 0 Å². The molecule has 0 unspecified atom stereocenters. The van der Waals surface area contributed by atoms with Gasteiger partial charge in [0.15, 0.2) is 0 Å². The Morgan fingerprint density at radius 3 is 3.18 bits per heavy atom. The summed E-state index contributed by atoms with van der Waals surface area (Å²) in [6.45, 7) is 4.21. The van der Waals surface area contributed by atoms with Gasteiger partial charge in [0, 0.05) is 42.4 Å². The fraction of sp³-hybridized carbons (Fsp3) is 0.692. The normalized spacial score (nSPS) is 32.9. The lowest BCUT2D eigenvalue weighted by Gasteiger charge is -2.47. The molecule has 3 nitrogen and oxygen atoms in total. The highest BCUT2D eigenvalue weighted by molar-refractivity contribution is 9.11. The minimum Gasteiger partial charge on any atom is -0.368 e. The summed E-state index contributed by atoms with van der Waals surface area (Å²) in [7, 11) is 0. The smallest absolute Gasteiger partial charge is 0.0544 e. The quantitative estimate of drug-likeness (QED) is 0.841. The number of fused-ring (bicyclic) bond motifs is 3. The maximum Gasteiger partial charge on any atom is 0.0544 e. The fourth-order valence-electron chi connectivity index (χ4n) is 3.46. The molecule has 0 aromatic heterocycles. The van der Waals surface area contributed by atoms with E-state index in [1.807, 2.05) is 0 Å². The molecule has 0 spiro atoms. The summed E-state index contributed by atoms with van der Waals surface area (Å²) in [5.41, 5.74) is 7.26. The zero-order valence-electron chi connectivity index (χ0n) is 10.1. The molecule has 3 rings (SSSR count). The Bertz CT molecular complexity index is 364. The van der Waals surface area contributed by atoms with Gasteiger partial charge in [-0.1, -0.05) is 12.2 Å². The van der Waals surface area contributed by atoms with Crippen LogP contribution >= 0.6 is 15.9 Å². The highest BCUT2D eigenvalue weighted by Gasteiger charge is 2.40. The van der Waals surface area contributed by atoms with Crippen LogP contribution in [0.3, 0.4) is 0 Å². The van der Waals surface area contributed by atoms with Crippen molar-refractivity contribution in [2.45, 2.75) is 31.3 Å². The zero-order chi connectivity index (χ0) is 11.8. The molecule has 94 valence electrons. The second-order valence-corrected chi connectivity index (χ2v) is 6.01. The van der Waals surface area contributed by atoms with Crippen molar-refractivity contribution in [2.75, 3.05) is 26.2 Å². The highest BCUT2D eigenvalue weighted by Crippen LogP contribution is 2.38. The SMILES string of the molecule is NCCN1C[C@H]2CCCN2C2=C(Br)C=CC[C@@H]21. The van der Waals surface area contributed by atoms with Gasteiger partial charge in [0.05, 0.1) is 6.04 Å². The number of hydrogen-bond donors (Lipinski definition) is 1. The Hall–Kier alpha value is -0.320. The third-order valence-electron chi connectivity index (χ3n) is 4.17. The van der Waals surface area contributed by atoms with Gasteiger partial charge in [-0.3, -0.25) is 4.90 Å². The predicted molar refractivity (Wildman–Crippen MR) is 73.9 cm³/mol. The van der Waals surface area contributed by atoms with Crippen LogP contribution < -0.4 is 5.73 Å². The molecule has 17 heavy (non-hydrogen) atoms. The lowest BCUT2D eigenvalue weighted by Crippen LogP contribution is -2.56. The molecule has 2 atom stereocenters. The first-order valence-electron chi connectivity index (χ1n) is 6.58. The van der Waals surface area contributed by atoms with Crippen LogP contribution in [0.4, 0.5) is 0 Å². The van der Waals surface area contributed by atoms with Crippen LogP contribution in [0.15, 0.2) is 22.3 Å². The molecule has 4 heteroatoms. The van der Waals surface area contributed by atoms with E-state index in [1.165, 1.54) is 36.1 Å². The van der Waals surface area contributed by atoms with Crippen LogP contribution in [-0.4, -0.2) is 48.1 Å². The van der Waals surface area contributed by atoms with Crippen molar-refractivity contribution in [1.82, 2.24) is 9.80 Å². The highest BCUT2D eigenvalue weighted by atomic mass is 79.9. The standard InChI is InChI=1S/C13H20BrN3/c14-11-4-1-5-12-13(11)17-7-2-3-10(17)9-16(12)8-6-15/h1,4,10,12H,2-3,5-9,15H2/t10-,12+/m1/s1. The Balaban J connectivity index is 1.93. The van der Waals surface area contributed by atoms with E-state index in [1.54, 1.807) is 0 Å². The Morgan fingerprint density at radius 1 is 1.47 bits per heavy atom. The number of hydrogen-bond acceptors (Lipinski definition) is 3. The Labute approximate surface area is 111 Å². The molecular formula is C13H20BrN3. The van der Waals surface area contributed by atoms with Crippen molar-refractivity contribution in [3.63, 3.8) is 0 Å². The molecule has 0 aromatic rings. The molecule has 1 aliphatic carbocycles. The molecular weight excluding hydrogens is 278 g/mol. The van der Waals surface area contributed by atoms with Crippen LogP contribution in [-0.2, 0) is 0 Å². The van der Waals surface area contributed by atoms with E-state index in [4.69, 9.17) is 5.73 Å². The third-order valence-corrected chi connectivity index (χ3v) is 4.84. The van der Waals surface area contributed by atoms with Crippen molar-refractivity contribution >= 4 is 15.9 Å². The lowest BCUT2D eigenvalue weighted by molar-refractivity contribution is 0.0960. The number of allylic oxidation sites excluding steroid dienone is 2. The summed E-state index contributed by atoms with van der Waals surface area (Å²) >= 11 is 3.74. The average molecular weight is 298 g/mol. The van der Waals surface area contributed by atoms with Crippen molar-refractivity contribution < 1.29 is 0 Å². The van der Waals surface area contributed by atoms with Gasteiger partial charge in [-0.15, -0.1) is 0 Å². The first kappa shape index (κ1) is 11.8.